The SMILES string of the molecule is CC[C@@]1(O)C(=O)OCc2c1cc1n(c2=O)Cc2c-1nc1cccc3c1c2C(N)CS3. The van der Waals surface area contributed by atoms with E-state index in [4.69, 9.17) is 15.5 Å². The van der Waals surface area contributed by atoms with Gasteiger partial charge in [-0.2, -0.15) is 0 Å². The number of nitrogens with two attached hydrogens (primary N) is 1. The first-order chi connectivity index (χ1) is 14.4. The molecule has 0 fully saturated rings. The molecule has 0 saturated carbocycles. The van der Waals surface area contributed by atoms with Crippen LogP contribution in [-0.4, -0.2) is 26.4 Å². The van der Waals surface area contributed by atoms with Crippen LogP contribution in [0.25, 0.3) is 22.3 Å². The zero-order chi connectivity index (χ0) is 20.8. The van der Waals surface area contributed by atoms with Crippen molar-refractivity contribution in [2.24, 2.45) is 5.73 Å². The number of nitrogens with zero attached hydrogens (tertiary/aromatic N) is 2. The number of rotatable bonds is 1. The molecule has 7 nitrogen and oxygen atoms in total. The zero-order valence-corrected chi connectivity index (χ0v) is 17.1. The highest BCUT2D eigenvalue weighted by Crippen LogP contribution is 2.46. The highest BCUT2D eigenvalue weighted by Gasteiger charge is 2.45. The fourth-order valence-electron chi connectivity index (χ4n) is 4.92. The second-order valence-electron chi connectivity index (χ2n) is 8.02. The van der Waals surface area contributed by atoms with Gasteiger partial charge in [-0.15, -0.1) is 11.8 Å². The molecule has 0 saturated heterocycles. The van der Waals surface area contributed by atoms with Crippen LogP contribution >= 0.6 is 11.8 Å². The Morgan fingerprint density at radius 3 is 3.00 bits per heavy atom. The van der Waals surface area contributed by atoms with Gasteiger partial charge >= 0.3 is 5.97 Å². The van der Waals surface area contributed by atoms with Gasteiger partial charge in [-0.1, -0.05) is 13.0 Å². The van der Waals surface area contributed by atoms with Gasteiger partial charge in [0, 0.05) is 33.2 Å². The molecule has 2 atom stereocenters. The van der Waals surface area contributed by atoms with Gasteiger partial charge in [0.1, 0.15) is 6.61 Å². The number of hydrogen-bond acceptors (Lipinski definition) is 7. The topological polar surface area (TPSA) is 107 Å². The van der Waals surface area contributed by atoms with Crippen LogP contribution in [0.15, 0.2) is 34.0 Å². The number of fused-ring (bicyclic) bond motifs is 5. The van der Waals surface area contributed by atoms with E-state index in [1.54, 1.807) is 29.3 Å². The second kappa shape index (κ2) is 5.94. The highest BCUT2D eigenvalue weighted by molar-refractivity contribution is 7.99. The largest absolute Gasteiger partial charge is 0.458 e. The fourth-order valence-corrected chi connectivity index (χ4v) is 5.98. The van der Waals surface area contributed by atoms with Crippen LogP contribution in [0.3, 0.4) is 0 Å². The standard InChI is InChI=1S/C22H19N3O4S/c1-2-22(28)12-6-15-19-10(7-25(15)20(26)11(12)8-29-21(22)27)17-13(23)9-30-16-5-3-4-14(24-19)18(16)17/h3-6,13,28H,2,7-9,23H2,1H3/t13?,22-/m0/s1. The molecule has 3 N–H and O–H groups in total. The van der Waals surface area contributed by atoms with Crippen molar-refractivity contribution in [3.63, 3.8) is 0 Å². The quantitative estimate of drug-likeness (QED) is 0.454. The molecule has 3 aromatic rings. The molecule has 1 unspecified atom stereocenters. The van der Waals surface area contributed by atoms with E-state index in [9.17, 15) is 14.7 Å². The summed E-state index contributed by atoms with van der Waals surface area (Å²) < 4.78 is 6.80. The summed E-state index contributed by atoms with van der Waals surface area (Å²) in [5, 5.41) is 12.1. The molecule has 5 heterocycles. The third kappa shape index (κ3) is 2.11. The van der Waals surface area contributed by atoms with Crippen molar-refractivity contribution in [2.75, 3.05) is 5.75 Å². The molecule has 6 rings (SSSR count). The van der Waals surface area contributed by atoms with E-state index < -0.39 is 11.6 Å². The second-order valence-corrected chi connectivity index (χ2v) is 9.09. The number of aliphatic hydroxyl groups is 1. The molecule has 3 aliphatic rings. The molecule has 0 aliphatic carbocycles. The molecule has 0 spiro atoms. The first kappa shape index (κ1) is 18.1. The van der Waals surface area contributed by atoms with E-state index in [2.05, 4.69) is 6.07 Å². The third-order valence-corrected chi connectivity index (χ3v) is 7.68. The Hall–Kier alpha value is -2.68. The minimum atomic E-state index is -1.82. The maximum atomic E-state index is 13.3. The number of thioether (sulfide) groups is 1. The van der Waals surface area contributed by atoms with Crippen LogP contribution in [0.1, 0.15) is 41.6 Å². The van der Waals surface area contributed by atoms with Gasteiger partial charge in [-0.25, -0.2) is 9.78 Å². The number of aromatic nitrogens is 2. The summed E-state index contributed by atoms with van der Waals surface area (Å²) >= 11 is 1.72. The Bertz CT molecular complexity index is 1350. The Morgan fingerprint density at radius 1 is 1.37 bits per heavy atom. The Kier molecular flexibility index (Phi) is 3.58. The number of carbonyl (C=O) groups excluding carboxylic acids is 1. The number of pyridine rings is 2. The molecule has 2 aromatic heterocycles. The van der Waals surface area contributed by atoms with Crippen molar-refractivity contribution in [1.29, 1.82) is 0 Å². The van der Waals surface area contributed by atoms with Gasteiger partial charge in [0.15, 0.2) is 5.60 Å². The molecule has 3 aliphatic heterocycles. The number of esters is 1. The van der Waals surface area contributed by atoms with Crippen LogP contribution < -0.4 is 11.3 Å². The molecule has 30 heavy (non-hydrogen) atoms. The summed E-state index contributed by atoms with van der Waals surface area (Å²) in [5.41, 5.74) is 9.25. The van der Waals surface area contributed by atoms with Gasteiger partial charge in [-0.3, -0.25) is 4.79 Å². The third-order valence-electron chi connectivity index (χ3n) is 6.51. The van der Waals surface area contributed by atoms with Gasteiger partial charge in [0.05, 0.1) is 29.0 Å². The van der Waals surface area contributed by atoms with Crippen LogP contribution in [-0.2, 0) is 28.3 Å². The number of carbonyl (C=O) groups is 1. The zero-order valence-electron chi connectivity index (χ0n) is 16.3. The molecule has 0 amide bonds. The van der Waals surface area contributed by atoms with Crippen LogP contribution in [0, 0.1) is 0 Å². The normalized spacial score (nSPS) is 23.7. The minimum Gasteiger partial charge on any atom is -0.458 e. The van der Waals surface area contributed by atoms with Crippen molar-refractivity contribution in [3.05, 3.63) is 56.9 Å². The summed E-state index contributed by atoms with van der Waals surface area (Å²) in [6.45, 7) is 1.94. The number of benzene rings is 1. The average Bonchev–Trinajstić information content (AvgIpc) is 3.12. The minimum absolute atomic E-state index is 0.121. The van der Waals surface area contributed by atoms with Gasteiger partial charge in [0.25, 0.3) is 5.56 Å². The molecule has 1 aromatic carbocycles. The molecule has 0 radical (unpaired) electrons. The van der Waals surface area contributed by atoms with Gasteiger partial charge < -0.3 is 20.1 Å². The lowest BCUT2D eigenvalue weighted by Gasteiger charge is -2.31. The maximum absolute atomic E-state index is 13.3. The van der Waals surface area contributed by atoms with Gasteiger partial charge in [0.2, 0.25) is 0 Å². The predicted molar refractivity (Wildman–Crippen MR) is 112 cm³/mol. The van der Waals surface area contributed by atoms with Crippen LogP contribution in [0.4, 0.5) is 0 Å². The van der Waals surface area contributed by atoms with Crippen molar-refractivity contribution >= 4 is 28.6 Å². The van der Waals surface area contributed by atoms with E-state index in [-0.39, 0.29) is 24.6 Å². The van der Waals surface area contributed by atoms with Crippen molar-refractivity contribution in [1.82, 2.24) is 9.55 Å². The Labute approximate surface area is 175 Å². The predicted octanol–water partition coefficient (Wildman–Crippen LogP) is 2.19. The smallest absolute Gasteiger partial charge is 0.343 e. The van der Waals surface area contributed by atoms with Crippen LogP contribution in [0.2, 0.25) is 0 Å². The van der Waals surface area contributed by atoms with E-state index in [1.807, 2.05) is 12.1 Å². The number of hydrogen-bond donors (Lipinski definition) is 2. The first-order valence-electron chi connectivity index (χ1n) is 9.95. The van der Waals surface area contributed by atoms with Crippen molar-refractivity contribution in [3.8, 4) is 11.4 Å². The molecule has 152 valence electrons. The van der Waals surface area contributed by atoms with Crippen molar-refractivity contribution in [2.45, 2.75) is 43.0 Å². The lowest BCUT2D eigenvalue weighted by Crippen LogP contribution is -2.44. The van der Waals surface area contributed by atoms with E-state index in [0.29, 0.717) is 29.1 Å². The van der Waals surface area contributed by atoms with Crippen molar-refractivity contribution < 1.29 is 14.6 Å². The summed E-state index contributed by atoms with van der Waals surface area (Å²) in [6.07, 6.45) is 0.121. The lowest BCUT2D eigenvalue weighted by molar-refractivity contribution is -0.172. The molecule has 8 heteroatoms. The van der Waals surface area contributed by atoms with Gasteiger partial charge in [-0.05, 0) is 30.2 Å². The average molecular weight is 421 g/mol. The van der Waals surface area contributed by atoms with E-state index in [1.165, 1.54) is 0 Å². The first-order valence-corrected chi connectivity index (χ1v) is 10.9. The fraction of sp³-hybridized carbons (Fsp3) is 0.318. The summed E-state index contributed by atoms with van der Waals surface area (Å²) in [6, 6.07) is 7.60. The molecular formula is C22H19N3O4S. The van der Waals surface area contributed by atoms with E-state index >= 15 is 0 Å². The molecular weight excluding hydrogens is 402 g/mol. The summed E-state index contributed by atoms with van der Waals surface area (Å²) in [4.78, 5) is 31.7. The lowest BCUT2D eigenvalue weighted by atomic mass is 9.86. The number of cyclic esters (lactones) is 1. The maximum Gasteiger partial charge on any atom is 0.343 e. The highest BCUT2D eigenvalue weighted by atomic mass is 32.2. The number of ether oxygens (including phenoxy) is 1. The van der Waals surface area contributed by atoms with Crippen LogP contribution in [0.5, 0.6) is 0 Å². The Balaban J connectivity index is 1.69. The summed E-state index contributed by atoms with van der Waals surface area (Å²) in [7, 11) is 0. The summed E-state index contributed by atoms with van der Waals surface area (Å²) in [5.74, 6) is 0.0488. The molecule has 0 bridgehead atoms. The Morgan fingerprint density at radius 2 is 2.20 bits per heavy atom. The monoisotopic (exact) mass is 421 g/mol. The van der Waals surface area contributed by atoms with E-state index in [0.717, 1.165) is 32.7 Å².